The third kappa shape index (κ3) is 5.05. The van der Waals surface area contributed by atoms with Gasteiger partial charge in [-0.2, -0.15) is 5.26 Å². The second-order valence-electron chi connectivity index (χ2n) is 6.17. The predicted octanol–water partition coefficient (Wildman–Crippen LogP) is 1.51. The number of rotatable bonds is 6. The molecular formula is C19H26N4O2. The van der Waals surface area contributed by atoms with Gasteiger partial charge in [-0.05, 0) is 24.5 Å². The van der Waals surface area contributed by atoms with E-state index < -0.39 is 0 Å². The molecule has 0 atom stereocenters. The first-order chi connectivity index (χ1) is 12.1. The fraction of sp³-hybridized carbons (Fsp3) is 0.474. The molecule has 1 aliphatic heterocycles. The molecule has 0 unspecified atom stereocenters. The molecule has 0 bridgehead atoms. The van der Waals surface area contributed by atoms with E-state index in [2.05, 4.69) is 10.2 Å². The summed E-state index contributed by atoms with van der Waals surface area (Å²) in [6.45, 7) is 7.91. The van der Waals surface area contributed by atoms with E-state index in [0.717, 1.165) is 49.4 Å². The quantitative estimate of drug-likeness (QED) is 0.605. The summed E-state index contributed by atoms with van der Waals surface area (Å²) in [5.41, 5.74) is 2.95. The van der Waals surface area contributed by atoms with Gasteiger partial charge in [0.2, 0.25) is 0 Å². The molecule has 0 saturated carbocycles. The molecule has 1 fully saturated rings. The van der Waals surface area contributed by atoms with E-state index in [9.17, 15) is 10.1 Å². The highest BCUT2D eigenvalue weighted by Gasteiger charge is 2.18. The first kappa shape index (κ1) is 19.0. The molecule has 0 radical (unpaired) electrons. The second kappa shape index (κ2) is 9.21. The van der Waals surface area contributed by atoms with Crippen molar-refractivity contribution in [2.45, 2.75) is 20.3 Å². The van der Waals surface area contributed by atoms with Crippen LogP contribution in [0.2, 0.25) is 0 Å². The molecule has 2 N–H and O–H groups in total. The lowest BCUT2D eigenvalue weighted by molar-refractivity contribution is -0.112. The van der Waals surface area contributed by atoms with Crippen LogP contribution in [-0.2, 0) is 11.2 Å². The number of benzene rings is 1. The maximum Gasteiger partial charge on any atom is 0.267 e. The Labute approximate surface area is 149 Å². The van der Waals surface area contributed by atoms with Gasteiger partial charge in [0.25, 0.3) is 5.91 Å². The fourth-order valence-corrected chi connectivity index (χ4v) is 2.96. The Balaban J connectivity index is 2.06. The highest BCUT2D eigenvalue weighted by Crippen LogP contribution is 2.21. The summed E-state index contributed by atoms with van der Waals surface area (Å²) in [5, 5.41) is 21.3. The Hall–Kier alpha value is -2.36. The maximum absolute atomic E-state index is 12.5. The van der Waals surface area contributed by atoms with Gasteiger partial charge >= 0.3 is 0 Å². The zero-order valence-electron chi connectivity index (χ0n) is 15.0. The minimum atomic E-state index is -0.371. The number of amides is 1. The van der Waals surface area contributed by atoms with Crippen LogP contribution in [0.3, 0.4) is 0 Å². The van der Waals surface area contributed by atoms with Crippen molar-refractivity contribution < 1.29 is 9.90 Å². The average Bonchev–Trinajstić information content (AvgIpc) is 2.62. The van der Waals surface area contributed by atoms with Gasteiger partial charge < -0.3 is 15.3 Å². The number of nitrogens with zero attached hydrogens (tertiary/aromatic N) is 3. The number of nitriles is 1. The largest absolute Gasteiger partial charge is 0.395 e. The summed E-state index contributed by atoms with van der Waals surface area (Å²) < 4.78 is 0. The highest BCUT2D eigenvalue weighted by atomic mass is 16.3. The standard InChI is InChI=1S/C19H26N4O2/c1-3-16-6-4-5-15(2)18(16)21-19(25)17(13-20)14-23-9-7-22(8-10-23)11-12-24/h4-6,14,24H,3,7-12H2,1-2H3,(H,21,25)/b17-14-. The number of carbonyl (C=O) groups is 1. The van der Waals surface area contributed by atoms with Gasteiger partial charge in [0.05, 0.1) is 6.61 Å². The van der Waals surface area contributed by atoms with Crippen molar-refractivity contribution in [1.82, 2.24) is 9.80 Å². The topological polar surface area (TPSA) is 79.6 Å². The van der Waals surface area contributed by atoms with Crippen LogP contribution in [0, 0.1) is 18.3 Å². The first-order valence-electron chi connectivity index (χ1n) is 8.68. The molecule has 1 aromatic carbocycles. The van der Waals surface area contributed by atoms with Crippen LogP contribution < -0.4 is 5.32 Å². The molecule has 1 aromatic rings. The van der Waals surface area contributed by atoms with E-state index >= 15 is 0 Å². The van der Waals surface area contributed by atoms with Crippen LogP contribution in [0.15, 0.2) is 30.0 Å². The van der Waals surface area contributed by atoms with Gasteiger partial charge in [0.1, 0.15) is 11.6 Å². The number of hydrogen-bond donors (Lipinski definition) is 2. The Morgan fingerprint density at radius 2 is 2.08 bits per heavy atom. The van der Waals surface area contributed by atoms with Gasteiger partial charge in [-0.3, -0.25) is 9.69 Å². The van der Waals surface area contributed by atoms with Crippen molar-refractivity contribution in [3.63, 3.8) is 0 Å². The lowest BCUT2D eigenvalue weighted by atomic mass is 10.1. The maximum atomic E-state index is 12.5. The minimum absolute atomic E-state index is 0.112. The number of nitrogens with one attached hydrogen (secondary N) is 1. The summed E-state index contributed by atoms with van der Waals surface area (Å²) >= 11 is 0. The molecule has 0 aliphatic carbocycles. The monoisotopic (exact) mass is 342 g/mol. The second-order valence-corrected chi connectivity index (χ2v) is 6.17. The number of piperazine rings is 1. The Morgan fingerprint density at radius 1 is 1.36 bits per heavy atom. The van der Waals surface area contributed by atoms with Crippen molar-refractivity contribution in [2.24, 2.45) is 0 Å². The number of para-hydroxylation sites is 1. The van der Waals surface area contributed by atoms with E-state index in [-0.39, 0.29) is 18.1 Å². The third-order valence-corrected chi connectivity index (χ3v) is 4.48. The Bertz CT molecular complexity index is 670. The van der Waals surface area contributed by atoms with E-state index in [4.69, 9.17) is 5.11 Å². The lowest BCUT2D eigenvalue weighted by Gasteiger charge is -2.33. The SMILES string of the molecule is CCc1cccc(C)c1NC(=O)/C(C#N)=C\N1CCN(CCO)CC1. The molecule has 6 heteroatoms. The van der Waals surface area contributed by atoms with Crippen molar-refractivity contribution >= 4 is 11.6 Å². The Morgan fingerprint density at radius 3 is 2.68 bits per heavy atom. The summed E-state index contributed by atoms with van der Waals surface area (Å²) in [4.78, 5) is 16.7. The van der Waals surface area contributed by atoms with Gasteiger partial charge in [0, 0.05) is 44.6 Å². The number of carbonyl (C=O) groups excluding carboxylic acids is 1. The predicted molar refractivity (Wildman–Crippen MR) is 98.0 cm³/mol. The van der Waals surface area contributed by atoms with Crippen LogP contribution in [0.4, 0.5) is 5.69 Å². The van der Waals surface area contributed by atoms with E-state index in [1.54, 1.807) is 6.20 Å². The smallest absolute Gasteiger partial charge is 0.267 e. The molecule has 1 saturated heterocycles. The van der Waals surface area contributed by atoms with Crippen LogP contribution in [0.25, 0.3) is 0 Å². The van der Waals surface area contributed by atoms with Crippen LogP contribution in [-0.4, -0.2) is 60.1 Å². The number of hydrogen-bond acceptors (Lipinski definition) is 5. The number of aliphatic hydroxyl groups excluding tert-OH is 1. The fourth-order valence-electron chi connectivity index (χ4n) is 2.96. The van der Waals surface area contributed by atoms with Crippen LogP contribution in [0.5, 0.6) is 0 Å². The lowest BCUT2D eigenvalue weighted by Crippen LogP contribution is -2.45. The van der Waals surface area contributed by atoms with Gasteiger partial charge in [-0.25, -0.2) is 0 Å². The van der Waals surface area contributed by atoms with Gasteiger partial charge in [-0.15, -0.1) is 0 Å². The third-order valence-electron chi connectivity index (χ3n) is 4.48. The zero-order chi connectivity index (χ0) is 18.2. The molecule has 1 heterocycles. The summed E-state index contributed by atoms with van der Waals surface area (Å²) in [7, 11) is 0. The Kier molecular flexibility index (Phi) is 6.99. The minimum Gasteiger partial charge on any atom is -0.395 e. The number of β-amino-alcohol motifs (C(OH)–C–C–N with tert-alkyl or cyclic N) is 1. The van der Waals surface area contributed by atoms with E-state index in [1.807, 2.05) is 43.0 Å². The molecule has 2 rings (SSSR count). The number of aryl methyl sites for hydroxylation is 2. The van der Waals surface area contributed by atoms with Crippen LogP contribution >= 0.6 is 0 Å². The molecule has 1 aliphatic rings. The summed E-state index contributed by atoms with van der Waals surface area (Å²) in [6, 6.07) is 7.92. The van der Waals surface area contributed by atoms with Crippen molar-refractivity contribution in [3.05, 3.63) is 41.1 Å². The molecular weight excluding hydrogens is 316 g/mol. The van der Waals surface area contributed by atoms with Crippen molar-refractivity contribution in [3.8, 4) is 6.07 Å². The molecule has 0 spiro atoms. The van der Waals surface area contributed by atoms with E-state index in [0.29, 0.717) is 6.54 Å². The summed E-state index contributed by atoms with van der Waals surface area (Å²) in [5.74, 6) is -0.371. The summed E-state index contributed by atoms with van der Waals surface area (Å²) in [6.07, 6.45) is 2.46. The number of aliphatic hydroxyl groups is 1. The van der Waals surface area contributed by atoms with E-state index in [1.165, 1.54) is 0 Å². The average molecular weight is 342 g/mol. The van der Waals surface area contributed by atoms with Crippen LogP contribution in [0.1, 0.15) is 18.1 Å². The zero-order valence-corrected chi connectivity index (χ0v) is 15.0. The normalized spacial score (nSPS) is 15.8. The highest BCUT2D eigenvalue weighted by molar-refractivity contribution is 6.07. The number of anilines is 1. The van der Waals surface area contributed by atoms with Crippen molar-refractivity contribution in [2.75, 3.05) is 44.6 Å². The molecule has 6 nitrogen and oxygen atoms in total. The first-order valence-corrected chi connectivity index (χ1v) is 8.68. The van der Waals surface area contributed by atoms with Gasteiger partial charge in [-0.1, -0.05) is 25.1 Å². The van der Waals surface area contributed by atoms with Gasteiger partial charge in [0.15, 0.2) is 0 Å². The molecule has 1 amide bonds. The molecule has 25 heavy (non-hydrogen) atoms. The molecule has 0 aromatic heterocycles. The molecule has 134 valence electrons. The van der Waals surface area contributed by atoms with Crippen molar-refractivity contribution in [1.29, 1.82) is 5.26 Å².